The maximum atomic E-state index is 12.2. The number of hydrogen-bond acceptors (Lipinski definition) is 2. The normalized spacial score (nSPS) is 13.7. The topological polar surface area (TPSA) is 38.3 Å². The number of methoxy groups -OCH3 is 1. The van der Waals surface area contributed by atoms with Crippen molar-refractivity contribution in [3.63, 3.8) is 0 Å². The third-order valence-electron chi connectivity index (χ3n) is 3.97. The Morgan fingerprint density at radius 3 is 2.48 bits per heavy atom. The van der Waals surface area contributed by atoms with Crippen molar-refractivity contribution < 1.29 is 9.53 Å². The molecule has 3 nitrogen and oxygen atoms in total. The fourth-order valence-corrected chi connectivity index (χ4v) is 2.26. The number of fused-ring (bicyclic) bond motifs is 1. The van der Waals surface area contributed by atoms with Gasteiger partial charge in [0.15, 0.2) is 0 Å². The molecule has 0 bridgehead atoms. The number of rotatable bonds is 5. The van der Waals surface area contributed by atoms with Crippen LogP contribution >= 0.6 is 0 Å². The second kappa shape index (κ2) is 6.61. The average molecular weight is 285 g/mol. The molecular formula is C18H23NO2. The smallest absolute Gasteiger partial charge is 0.227 e. The molecule has 3 heteroatoms. The molecule has 0 aromatic heterocycles. The van der Waals surface area contributed by atoms with Gasteiger partial charge in [-0.05, 0) is 48.7 Å². The summed E-state index contributed by atoms with van der Waals surface area (Å²) in [6, 6.07) is 12.3. The van der Waals surface area contributed by atoms with E-state index >= 15 is 0 Å². The lowest BCUT2D eigenvalue weighted by Gasteiger charge is -2.17. The van der Waals surface area contributed by atoms with Gasteiger partial charge in [-0.3, -0.25) is 4.79 Å². The zero-order chi connectivity index (χ0) is 15.4. The molecular weight excluding hydrogens is 262 g/mol. The first-order chi connectivity index (χ1) is 10.0. The summed E-state index contributed by atoms with van der Waals surface area (Å²) >= 11 is 0. The van der Waals surface area contributed by atoms with Crippen LogP contribution in [0.2, 0.25) is 0 Å². The average Bonchev–Trinajstić information content (AvgIpc) is 2.52. The molecule has 0 heterocycles. The van der Waals surface area contributed by atoms with Gasteiger partial charge in [-0.25, -0.2) is 0 Å². The maximum absolute atomic E-state index is 12.2. The zero-order valence-corrected chi connectivity index (χ0v) is 13.1. The van der Waals surface area contributed by atoms with Gasteiger partial charge >= 0.3 is 0 Å². The molecule has 1 amide bonds. The van der Waals surface area contributed by atoms with Gasteiger partial charge in [-0.2, -0.15) is 0 Å². The summed E-state index contributed by atoms with van der Waals surface area (Å²) < 4.78 is 5.23. The Morgan fingerprint density at radius 2 is 1.81 bits per heavy atom. The molecule has 0 aliphatic carbocycles. The second-order valence-electron chi connectivity index (χ2n) is 5.51. The minimum Gasteiger partial charge on any atom is -0.497 e. The highest BCUT2D eigenvalue weighted by Crippen LogP contribution is 2.25. The van der Waals surface area contributed by atoms with Gasteiger partial charge in [-0.1, -0.05) is 31.2 Å². The first-order valence-corrected chi connectivity index (χ1v) is 7.43. The van der Waals surface area contributed by atoms with Crippen molar-refractivity contribution in [1.82, 2.24) is 5.32 Å². The second-order valence-corrected chi connectivity index (χ2v) is 5.51. The summed E-state index contributed by atoms with van der Waals surface area (Å²) in [5.74, 6) is 0.778. The van der Waals surface area contributed by atoms with E-state index in [1.165, 1.54) is 0 Å². The monoisotopic (exact) mass is 285 g/mol. The van der Waals surface area contributed by atoms with Gasteiger partial charge in [-0.15, -0.1) is 0 Å². The molecule has 0 radical (unpaired) electrons. The van der Waals surface area contributed by atoms with Crippen LogP contribution in [0.15, 0.2) is 36.4 Å². The van der Waals surface area contributed by atoms with Crippen molar-refractivity contribution in [1.29, 1.82) is 0 Å². The van der Waals surface area contributed by atoms with Crippen molar-refractivity contribution in [2.24, 2.45) is 0 Å². The van der Waals surface area contributed by atoms with E-state index in [4.69, 9.17) is 4.74 Å². The van der Waals surface area contributed by atoms with Crippen molar-refractivity contribution in [3.05, 3.63) is 42.0 Å². The Bertz CT molecular complexity index is 636. The lowest BCUT2D eigenvalue weighted by atomic mass is 9.96. The highest BCUT2D eigenvalue weighted by Gasteiger charge is 2.16. The first kappa shape index (κ1) is 15.4. The summed E-state index contributed by atoms with van der Waals surface area (Å²) in [4.78, 5) is 12.2. The Balaban J connectivity index is 2.24. The van der Waals surface area contributed by atoms with E-state index in [-0.39, 0.29) is 17.9 Å². The molecule has 0 fully saturated rings. The van der Waals surface area contributed by atoms with Crippen molar-refractivity contribution >= 4 is 16.7 Å². The van der Waals surface area contributed by atoms with Gasteiger partial charge in [0.05, 0.1) is 13.0 Å². The Hall–Kier alpha value is -2.03. The highest BCUT2D eigenvalue weighted by molar-refractivity contribution is 5.88. The summed E-state index contributed by atoms with van der Waals surface area (Å²) in [7, 11) is 1.66. The summed E-state index contributed by atoms with van der Waals surface area (Å²) in [5, 5.41) is 5.28. The molecule has 2 atom stereocenters. The third kappa shape index (κ3) is 3.54. The van der Waals surface area contributed by atoms with Crippen molar-refractivity contribution in [3.8, 4) is 5.75 Å². The van der Waals surface area contributed by atoms with Gasteiger partial charge in [0, 0.05) is 6.04 Å². The fourth-order valence-electron chi connectivity index (χ4n) is 2.26. The van der Waals surface area contributed by atoms with Crippen LogP contribution in [0, 0.1) is 0 Å². The first-order valence-electron chi connectivity index (χ1n) is 7.43. The van der Waals surface area contributed by atoms with Gasteiger partial charge in [0.25, 0.3) is 0 Å². The highest BCUT2D eigenvalue weighted by atomic mass is 16.5. The fraction of sp³-hybridized carbons (Fsp3) is 0.389. The van der Waals surface area contributed by atoms with Crippen LogP contribution in [-0.4, -0.2) is 19.1 Å². The summed E-state index contributed by atoms with van der Waals surface area (Å²) in [6.45, 7) is 6.04. The van der Waals surface area contributed by atoms with E-state index in [0.717, 1.165) is 28.5 Å². The Labute approximate surface area is 126 Å². The van der Waals surface area contributed by atoms with Gasteiger partial charge in [0.2, 0.25) is 5.91 Å². The number of ether oxygens (including phenoxy) is 1. The number of carbonyl (C=O) groups is 1. The molecule has 21 heavy (non-hydrogen) atoms. The van der Waals surface area contributed by atoms with Gasteiger partial charge in [0.1, 0.15) is 5.75 Å². The zero-order valence-electron chi connectivity index (χ0n) is 13.1. The maximum Gasteiger partial charge on any atom is 0.227 e. The van der Waals surface area contributed by atoms with Crippen LogP contribution in [-0.2, 0) is 4.79 Å². The molecule has 2 aromatic carbocycles. The van der Waals surface area contributed by atoms with Crippen molar-refractivity contribution in [2.45, 2.75) is 39.2 Å². The van der Waals surface area contributed by atoms with Crippen LogP contribution < -0.4 is 10.1 Å². The summed E-state index contributed by atoms with van der Waals surface area (Å²) in [5.41, 5.74) is 1.04. The molecule has 0 aliphatic heterocycles. The lowest BCUT2D eigenvalue weighted by molar-refractivity contribution is -0.122. The molecule has 2 aromatic rings. The Morgan fingerprint density at radius 1 is 1.14 bits per heavy atom. The standard InChI is InChI=1S/C18H23NO2/c1-5-12(2)19-18(20)13(3)14-6-7-16-11-17(21-4)9-8-15(16)10-14/h6-13H,5H2,1-4H3,(H,19,20)/t12?,13-/m0/s1. The summed E-state index contributed by atoms with van der Waals surface area (Å²) in [6.07, 6.45) is 0.940. The molecule has 1 unspecified atom stereocenters. The lowest BCUT2D eigenvalue weighted by Crippen LogP contribution is -2.35. The number of hydrogen-bond donors (Lipinski definition) is 1. The van der Waals surface area contributed by atoms with E-state index < -0.39 is 0 Å². The third-order valence-corrected chi connectivity index (χ3v) is 3.97. The molecule has 1 N–H and O–H groups in total. The molecule has 0 aliphatic rings. The SMILES string of the molecule is CCC(C)NC(=O)[C@@H](C)c1ccc2cc(OC)ccc2c1. The van der Waals surface area contributed by atoms with Crippen LogP contribution in [0.4, 0.5) is 0 Å². The number of carbonyl (C=O) groups excluding carboxylic acids is 1. The minimum absolute atomic E-state index is 0.0808. The van der Waals surface area contributed by atoms with Crippen LogP contribution in [0.25, 0.3) is 10.8 Å². The van der Waals surface area contributed by atoms with E-state index in [1.807, 2.05) is 44.2 Å². The van der Waals surface area contributed by atoms with Crippen molar-refractivity contribution in [2.75, 3.05) is 7.11 Å². The van der Waals surface area contributed by atoms with Crippen LogP contribution in [0.3, 0.4) is 0 Å². The molecule has 0 saturated carbocycles. The van der Waals surface area contributed by atoms with E-state index in [0.29, 0.717) is 0 Å². The number of nitrogens with one attached hydrogen (secondary N) is 1. The Kier molecular flexibility index (Phi) is 4.84. The predicted octanol–water partition coefficient (Wildman–Crippen LogP) is 3.87. The molecule has 0 spiro atoms. The van der Waals surface area contributed by atoms with Crippen LogP contribution in [0.1, 0.15) is 38.7 Å². The number of benzene rings is 2. The largest absolute Gasteiger partial charge is 0.497 e. The quantitative estimate of drug-likeness (QED) is 0.905. The van der Waals surface area contributed by atoms with E-state index in [9.17, 15) is 4.79 Å². The predicted molar refractivity (Wildman–Crippen MR) is 86.8 cm³/mol. The molecule has 0 saturated heterocycles. The minimum atomic E-state index is -0.148. The van der Waals surface area contributed by atoms with E-state index in [2.05, 4.69) is 18.3 Å². The van der Waals surface area contributed by atoms with Gasteiger partial charge < -0.3 is 10.1 Å². The van der Waals surface area contributed by atoms with E-state index in [1.54, 1.807) is 7.11 Å². The number of amides is 1. The van der Waals surface area contributed by atoms with Crippen LogP contribution in [0.5, 0.6) is 5.75 Å². The molecule has 2 rings (SSSR count). The molecule has 112 valence electrons.